The quantitative estimate of drug-likeness (QED) is 0.559. The van der Waals surface area contributed by atoms with Gasteiger partial charge in [-0.25, -0.2) is 4.79 Å². The van der Waals surface area contributed by atoms with Crippen molar-refractivity contribution in [2.45, 2.75) is 19.1 Å². The zero-order valence-electron chi connectivity index (χ0n) is 15.2. The first kappa shape index (κ1) is 18.7. The van der Waals surface area contributed by atoms with Crippen LogP contribution >= 0.6 is 22.9 Å². The smallest absolute Gasteiger partial charge is 0.339 e. The van der Waals surface area contributed by atoms with E-state index in [9.17, 15) is 9.59 Å². The fraction of sp³-hybridized carbons (Fsp3) is 0.182. The van der Waals surface area contributed by atoms with Crippen LogP contribution in [0.4, 0.5) is 0 Å². The topological polar surface area (TPSA) is 46.6 Å². The van der Waals surface area contributed by atoms with Crippen LogP contribution in [0.5, 0.6) is 0 Å². The van der Waals surface area contributed by atoms with Gasteiger partial charge in [0.15, 0.2) is 0 Å². The third kappa shape index (κ3) is 3.81. The molecule has 1 atom stereocenters. The lowest BCUT2D eigenvalue weighted by molar-refractivity contribution is 0.0252. The van der Waals surface area contributed by atoms with E-state index < -0.39 is 0 Å². The predicted octanol–water partition coefficient (Wildman–Crippen LogP) is 5.13. The summed E-state index contributed by atoms with van der Waals surface area (Å²) in [6, 6.07) is 18.6. The van der Waals surface area contributed by atoms with Gasteiger partial charge in [-0.15, -0.1) is 11.3 Å². The molecular weight excluding hydrogens is 394 g/mol. The number of nitrogens with zero attached hydrogens (tertiary/aromatic N) is 1. The summed E-state index contributed by atoms with van der Waals surface area (Å²) in [7, 11) is 1.76. The first-order valence-electron chi connectivity index (χ1n) is 8.90. The maximum absolute atomic E-state index is 12.9. The van der Waals surface area contributed by atoms with E-state index in [0.717, 1.165) is 16.0 Å². The van der Waals surface area contributed by atoms with Gasteiger partial charge >= 0.3 is 5.97 Å². The molecule has 6 heteroatoms. The molecule has 0 bridgehead atoms. The summed E-state index contributed by atoms with van der Waals surface area (Å²) >= 11 is 7.43. The first-order chi connectivity index (χ1) is 13.5. The highest BCUT2D eigenvalue weighted by atomic mass is 35.5. The Balaban J connectivity index is 1.56. The standard InChI is InChI=1S/C22H18ClNO3S/c1-24(13-17-8-10-20(23)28-17)21(25)15-7-9-18-16(11-15)12-19(27-22(18)26)14-5-3-2-4-6-14/h2-11,19H,12-13H2,1H3. The van der Waals surface area contributed by atoms with Crippen LogP contribution in [0.1, 0.15) is 42.8 Å². The second kappa shape index (κ2) is 7.78. The van der Waals surface area contributed by atoms with Gasteiger partial charge in [0.05, 0.1) is 16.4 Å². The minimum absolute atomic E-state index is 0.0949. The molecule has 2 heterocycles. The van der Waals surface area contributed by atoms with E-state index in [4.69, 9.17) is 16.3 Å². The highest BCUT2D eigenvalue weighted by Gasteiger charge is 2.28. The van der Waals surface area contributed by atoms with Crippen LogP contribution in [0.25, 0.3) is 0 Å². The molecule has 4 rings (SSSR count). The minimum Gasteiger partial charge on any atom is -0.454 e. The van der Waals surface area contributed by atoms with Crippen molar-refractivity contribution in [3.05, 3.63) is 92.1 Å². The Morgan fingerprint density at radius 1 is 1.18 bits per heavy atom. The number of hydrogen-bond donors (Lipinski definition) is 0. The Morgan fingerprint density at radius 3 is 2.68 bits per heavy atom. The van der Waals surface area contributed by atoms with E-state index >= 15 is 0 Å². The number of thiophene rings is 1. The Morgan fingerprint density at radius 2 is 1.96 bits per heavy atom. The molecule has 0 saturated carbocycles. The Kier molecular flexibility index (Phi) is 5.20. The van der Waals surface area contributed by atoms with Crippen molar-refractivity contribution in [3.63, 3.8) is 0 Å². The molecule has 4 nitrogen and oxygen atoms in total. The number of carbonyl (C=O) groups is 2. The molecule has 142 valence electrons. The number of esters is 1. The molecule has 28 heavy (non-hydrogen) atoms. The van der Waals surface area contributed by atoms with Crippen molar-refractivity contribution >= 4 is 34.8 Å². The van der Waals surface area contributed by atoms with Crippen LogP contribution in [-0.2, 0) is 17.7 Å². The highest BCUT2D eigenvalue weighted by Crippen LogP contribution is 2.31. The summed E-state index contributed by atoms with van der Waals surface area (Å²) in [6.45, 7) is 0.488. The largest absolute Gasteiger partial charge is 0.454 e. The van der Waals surface area contributed by atoms with Crippen molar-refractivity contribution in [2.75, 3.05) is 7.05 Å². The van der Waals surface area contributed by atoms with Crippen molar-refractivity contribution in [3.8, 4) is 0 Å². The third-order valence-electron chi connectivity index (χ3n) is 4.77. The lowest BCUT2D eigenvalue weighted by Crippen LogP contribution is -2.27. The molecule has 1 amide bonds. The van der Waals surface area contributed by atoms with Crippen molar-refractivity contribution in [1.82, 2.24) is 4.90 Å². The fourth-order valence-corrected chi connectivity index (χ4v) is 4.49. The Hall–Kier alpha value is -2.63. The monoisotopic (exact) mass is 411 g/mol. The van der Waals surface area contributed by atoms with E-state index in [0.29, 0.717) is 28.4 Å². The fourth-order valence-electron chi connectivity index (χ4n) is 3.35. The molecule has 0 N–H and O–H groups in total. The second-order valence-corrected chi connectivity index (χ2v) is 8.55. The summed E-state index contributed by atoms with van der Waals surface area (Å²) in [5.74, 6) is -0.446. The van der Waals surface area contributed by atoms with Gasteiger partial charge in [0.1, 0.15) is 6.10 Å². The van der Waals surface area contributed by atoms with Gasteiger partial charge in [-0.3, -0.25) is 4.79 Å². The molecule has 0 aliphatic carbocycles. The molecule has 1 aliphatic heterocycles. The number of benzene rings is 2. The van der Waals surface area contributed by atoms with Gasteiger partial charge in [0, 0.05) is 23.9 Å². The van der Waals surface area contributed by atoms with E-state index in [-0.39, 0.29) is 18.0 Å². The Labute approximate surface area is 172 Å². The third-order valence-corrected chi connectivity index (χ3v) is 5.98. The van der Waals surface area contributed by atoms with Crippen LogP contribution in [-0.4, -0.2) is 23.8 Å². The summed E-state index contributed by atoms with van der Waals surface area (Å²) in [5.41, 5.74) is 2.87. The average Bonchev–Trinajstić information content (AvgIpc) is 3.12. The SMILES string of the molecule is CN(Cc1ccc(Cl)s1)C(=O)c1ccc2c(c1)CC(c1ccccc1)OC2=O. The molecule has 0 saturated heterocycles. The lowest BCUT2D eigenvalue weighted by Gasteiger charge is -2.26. The van der Waals surface area contributed by atoms with Gasteiger partial charge in [-0.2, -0.15) is 0 Å². The second-order valence-electron chi connectivity index (χ2n) is 6.75. The number of fused-ring (bicyclic) bond motifs is 1. The maximum Gasteiger partial charge on any atom is 0.339 e. The molecule has 0 spiro atoms. The number of hydrogen-bond acceptors (Lipinski definition) is 4. The van der Waals surface area contributed by atoms with Crippen LogP contribution in [0.15, 0.2) is 60.7 Å². The molecule has 3 aromatic rings. The van der Waals surface area contributed by atoms with E-state index in [1.165, 1.54) is 11.3 Å². The molecule has 2 aromatic carbocycles. The van der Waals surface area contributed by atoms with Gasteiger partial charge in [0.2, 0.25) is 0 Å². The van der Waals surface area contributed by atoms with E-state index in [1.807, 2.05) is 48.5 Å². The zero-order chi connectivity index (χ0) is 19.7. The van der Waals surface area contributed by atoms with Crippen LogP contribution < -0.4 is 0 Å². The number of carbonyl (C=O) groups excluding carboxylic acids is 2. The number of amides is 1. The van der Waals surface area contributed by atoms with Gasteiger partial charge in [-0.05, 0) is 41.5 Å². The van der Waals surface area contributed by atoms with Crippen molar-refractivity contribution in [2.24, 2.45) is 0 Å². The molecule has 1 aliphatic rings. The minimum atomic E-state index is -0.351. The molecular formula is C22H18ClNO3S. The summed E-state index contributed by atoms with van der Waals surface area (Å²) < 4.78 is 6.29. The lowest BCUT2D eigenvalue weighted by atomic mass is 9.93. The number of halogens is 1. The van der Waals surface area contributed by atoms with E-state index in [1.54, 1.807) is 24.1 Å². The average molecular weight is 412 g/mol. The predicted molar refractivity (Wildman–Crippen MR) is 110 cm³/mol. The number of cyclic esters (lactones) is 1. The first-order valence-corrected chi connectivity index (χ1v) is 10.1. The van der Waals surface area contributed by atoms with Crippen LogP contribution in [0.3, 0.4) is 0 Å². The van der Waals surface area contributed by atoms with E-state index in [2.05, 4.69) is 0 Å². The van der Waals surface area contributed by atoms with Crippen LogP contribution in [0, 0.1) is 0 Å². The highest BCUT2D eigenvalue weighted by molar-refractivity contribution is 7.16. The summed E-state index contributed by atoms with van der Waals surface area (Å²) in [4.78, 5) is 27.9. The molecule has 1 aromatic heterocycles. The molecule has 1 unspecified atom stereocenters. The molecule has 0 fully saturated rings. The van der Waals surface area contributed by atoms with Crippen LogP contribution in [0.2, 0.25) is 4.34 Å². The van der Waals surface area contributed by atoms with Gasteiger partial charge < -0.3 is 9.64 Å². The normalized spacial score (nSPS) is 15.6. The van der Waals surface area contributed by atoms with Crippen molar-refractivity contribution < 1.29 is 14.3 Å². The number of rotatable bonds is 4. The van der Waals surface area contributed by atoms with Gasteiger partial charge in [0.25, 0.3) is 5.91 Å². The van der Waals surface area contributed by atoms with Crippen molar-refractivity contribution in [1.29, 1.82) is 0 Å². The summed E-state index contributed by atoms with van der Waals surface area (Å²) in [6.07, 6.45) is 0.216. The number of ether oxygens (including phenoxy) is 1. The molecule has 0 radical (unpaired) electrons. The zero-order valence-corrected chi connectivity index (χ0v) is 16.8. The Bertz CT molecular complexity index is 1030. The van der Waals surface area contributed by atoms with Gasteiger partial charge in [-0.1, -0.05) is 41.9 Å². The summed E-state index contributed by atoms with van der Waals surface area (Å²) in [5, 5.41) is 0. The maximum atomic E-state index is 12.9.